The first-order chi connectivity index (χ1) is 6.79. The second kappa shape index (κ2) is 6.07. The van der Waals surface area contributed by atoms with E-state index in [1.54, 1.807) is 0 Å². The summed E-state index contributed by atoms with van der Waals surface area (Å²) in [5.74, 6) is 1.20. The molecule has 0 radical (unpaired) electrons. The summed E-state index contributed by atoms with van der Waals surface area (Å²) >= 11 is 0. The van der Waals surface area contributed by atoms with Crippen LogP contribution in [0.5, 0.6) is 0 Å². The van der Waals surface area contributed by atoms with Crippen molar-refractivity contribution >= 4 is 0 Å². The van der Waals surface area contributed by atoms with Gasteiger partial charge in [0.05, 0.1) is 6.61 Å². The highest BCUT2D eigenvalue weighted by atomic mass is 16.5. The molecule has 14 heavy (non-hydrogen) atoms. The Kier molecular flexibility index (Phi) is 5.02. The van der Waals surface area contributed by atoms with E-state index in [-0.39, 0.29) is 6.10 Å². The van der Waals surface area contributed by atoms with Gasteiger partial charge in [0, 0.05) is 6.42 Å². The molecule has 2 heteroatoms. The van der Waals surface area contributed by atoms with Crippen molar-refractivity contribution in [1.82, 2.24) is 0 Å². The summed E-state index contributed by atoms with van der Waals surface area (Å²) in [7, 11) is 0. The molecule has 2 nitrogen and oxygen atoms in total. The molecule has 0 amide bonds. The molecule has 82 valence electrons. The van der Waals surface area contributed by atoms with Crippen LogP contribution >= 0.6 is 0 Å². The highest BCUT2D eigenvalue weighted by Gasteiger charge is 2.24. The zero-order chi connectivity index (χ0) is 10.4. The monoisotopic (exact) mass is 198 g/mol. The zero-order valence-corrected chi connectivity index (χ0v) is 9.33. The maximum atomic E-state index is 10.1. The van der Waals surface area contributed by atoms with Crippen molar-refractivity contribution in [3.63, 3.8) is 0 Å². The summed E-state index contributed by atoms with van der Waals surface area (Å²) in [6, 6.07) is 0. The number of aliphatic hydroxyl groups excluding tert-OH is 1. The molecule has 0 aromatic heterocycles. The quantitative estimate of drug-likeness (QED) is 0.711. The van der Waals surface area contributed by atoms with Gasteiger partial charge < -0.3 is 9.84 Å². The molecular formula is C12H22O2. The maximum absolute atomic E-state index is 10.1. The predicted molar refractivity (Wildman–Crippen MR) is 58.0 cm³/mol. The average Bonchev–Trinajstić information content (AvgIpc) is 2.69. The van der Waals surface area contributed by atoms with Crippen LogP contribution in [-0.2, 0) is 4.74 Å². The Balaban J connectivity index is 2.48. The summed E-state index contributed by atoms with van der Waals surface area (Å²) < 4.78 is 5.40. The fraction of sp³-hybridized carbons (Fsp3) is 0.833. The Hall–Kier alpha value is -0.500. The summed E-state index contributed by atoms with van der Waals surface area (Å²) in [4.78, 5) is 0. The van der Waals surface area contributed by atoms with Gasteiger partial charge in [-0.1, -0.05) is 26.7 Å². The largest absolute Gasteiger partial charge is 0.495 e. The molecule has 1 atom stereocenters. The van der Waals surface area contributed by atoms with Gasteiger partial charge in [-0.2, -0.15) is 0 Å². The fourth-order valence-corrected chi connectivity index (χ4v) is 2.08. The van der Waals surface area contributed by atoms with Crippen LogP contribution in [0.4, 0.5) is 0 Å². The first kappa shape index (κ1) is 11.6. The Morgan fingerprint density at radius 2 is 2.00 bits per heavy atom. The third-order valence-corrected chi connectivity index (χ3v) is 2.79. The molecule has 0 aromatic carbocycles. The lowest BCUT2D eigenvalue weighted by Crippen LogP contribution is -2.23. The van der Waals surface area contributed by atoms with Crippen molar-refractivity contribution in [2.75, 3.05) is 6.61 Å². The normalized spacial score (nSPS) is 18.1. The highest BCUT2D eigenvalue weighted by molar-refractivity contribution is 5.05. The van der Waals surface area contributed by atoms with Crippen molar-refractivity contribution in [2.24, 2.45) is 5.92 Å². The van der Waals surface area contributed by atoms with Gasteiger partial charge in [-0.3, -0.25) is 0 Å². The molecule has 0 bridgehead atoms. The van der Waals surface area contributed by atoms with E-state index in [0.717, 1.165) is 44.5 Å². The summed E-state index contributed by atoms with van der Waals surface area (Å²) in [6.45, 7) is 5.08. The second-order valence-electron chi connectivity index (χ2n) is 4.03. The molecule has 1 rings (SSSR count). The molecule has 1 N–H and O–H groups in total. The van der Waals surface area contributed by atoms with Crippen molar-refractivity contribution in [3.05, 3.63) is 11.8 Å². The van der Waals surface area contributed by atoms with Crippen LogP contribution in [0.3, 0.4) is 0 Å². The first-order valence-corrected chi connectivity index (χ1v) is 5.80. The number of hydrogen-bond acceptors (Lipinski definition) is 2. The number of rotatable bonds is 6. The van der Waals surface area contributed by atoms with Crippen LogP contribution < -0.4 is 0 Å². The van der Waals surface area contributed by atoms with Crippen molar-refractivity contribution in [3.8, 4) is 0 Å². The van der Waals surface area contributed by atoms with Crippen molar-refractivity contribution < 1.29 is 9.84 Å². The zero-order valence-electron chi connectivity index (χ0n) is 9.33. The van der Waals surface area contributed by atoms with Crippen LogP contribution in [0, 0.1) is 5.92 Å². The van der Waals surface area contributed by atoms with Crippen LogP contribution in [0.2, 0.25) is 0 Å². The van der Waals surface area contributed by atoms with E-state index in [1.807, 2.05) is 6.08 Å². The predicted octanol–water partition coefficient (Wildman–Crippen LogP) is 2.87. The van der Waals surface area contributed by atoms with Gasteiger partial charge in [-0.15, -0.1) is 0 Å². The summed E-state index contributed by atoms with van der Waals surface area (Å²) in [6.07, 6.45) is 7.08. The molecule has 1 heterocycles. The van der Waals surface area contributed by atoms with Crippen LogP contribution in [0.1, 0.15) is 46.0 Å². The number of aliphatic hydroxyl groups is 1. The fourth-order valence-electron chi connectivity index (χ4n) is 2.08. The average molecular weight is 198 g/mol. The van der Waals surface area contributed by atoms with Crippen molar-refractivity contribution in [1.29, 1.82) is 0 Å². The van der Waals surface area contributed by atoms with Crippen LogP contribution in [0.25, 0.3) is 0 Å². The van der Waals surface area contributed by atoms with Gasteiger partial charge in [-0.05, 0) is 24.8 Å². The lowest BCUT2D eigenvalue weighted by atomic mass is 9.91. The van der Waals surface area contributed by atoms with Crippen LogP contribution in [0.15, 0.2) is 11.8 Å². The SMILES string of the molecule is CCCC(CCC)C(O)C1=CCCO1. The Labute approximate surface area is 87.0 Å². The topological polar surface area (TPSA) is 29.5 Å². The van der Waals surface area contributed by atoms with E-state index in [2.05, 4.69) is 13.8 Å². The van der Waals surface area contributed by atoms with Gasteiger partial charge in [0.15, 0.2) is 0 Å². The molecule has 0 fully saturated rings. The van der Waals surface area contributed by atoms with Gasteiger partial charge >= 0.3 is 0 Å². The molecule has 1 aliphatic heterocycles. The Bertz CT molecular complexity index is 181. The number of ether oxygens (including phenoxy) is 1. The van der Waals surface area contributed by atoms with Gasteiger partial charge in [0.25, 0.3) is 0 Å². The van der Waals surface area contributed by atoms with Crippen LogP contribution in [-0.4, -0.2) is 17.8 Å². The summed E-state index contributed by atoms with van der Waals surface area (Å²) in [5.41, 5.74) is 0. The standard InChI is InChI=1S/C12H22O2/c1-3-6-10(7-4-2)12(13)11-8-5-9-14-11/h8,10,12-13H,3-7,9H2,1-2H3. The smallest absolute Gasteiger partial charge is 0.121 e. The maximum Gasteiger partial charge on any atom is 0.121 e. The Morgan fingerprint density at radius 3 is 2.43 bits per heavy atom. The van der Waals surface area contributed by atoms with E-state index >= 15 is 0 Å². The molecule has 1 aliphatic rings. The molecule has 0 aliphatic carbocycles. The molecule has 0 saturated carbocycles. The first-order valence-electron chi connectivity index (χ1n) is 5.80. The lowest BCUT2D eigenvalue weighted by molar-refractivity contribution is 0.0665. The molecule has 1 unspecified atom stereocenters. The van der Waals surface area contributed by atoms with E-state index in [9.17, 15) is 5.11 Å². The Morgan fingerprint density at radius 1 is 1.36 bits per heavy atom. The molecular weight excluding hydrogens is 176 g/mol. The third kappa shape index (κ3) is 3.02. The molecule has 0 saturated heterocycles. The molecule has 0 aromatic rings. The minimum absolute atomic E-state index is 0.364. The van der Waals surface area contributed by atoms with E-state index in [0.29, 0.717) is 5.92 Å². The third-order valence-electron chi connectivity index (χ3n) is 2.79. The second-order valence-corrected chi connectivity index (χ2v) is 4.03. The summed E-state index contributed by atoms with van der Waals surface area (Å²) in [5, 5.41) is 10.1. The lowest BCUT2D eigenvalue weighted by Gasteiger charge is -2.22. The van der Waals surface area contributed by atoms with E-state index < -0.39 is 0 Å². The minimum atomic E-state index is -0.364. The number of hydrogen-bond donors (Lipinski definition) is 1. The minimum Gasteiger partial charge on any atom is -0.495 e. The highest BCUT2D eigenvalue weighted by Crippen LogP contribution is 2.25. The van der Waals surface area contributed by atoms with Gasteiger partial charge in [0.1, 0.15) is 11.9 Å². The van der Waals surface area contributed by atoms with E-state index in [1.165, 1.54) is 0 Å². The van der Waals surface area contributed by atoms with Crippen molar-refractivity contribution in [2.45, 2.75) is 52.1 Å². The molecule has 0 spiro atoms. The van der Waals surface area contributed by atoms with E-state index in [4.69, 9.17) is 4.74 Å². The van der Waals surface area contributed by atoms with Gasteiger partial charge in [-0.25, -0.2) is 0 Å². The van der Waals surface area contributed by atoms with Gasteiger partial charge in [0.2, 0.25) is 0 Å².